The van der Waals surface area contributed by atoms with Gasteiger partial charge in [0.2, 0.25) is 0 Å². The molecule has 1 atom stereocenters. The first kappa shape index (κ1) is 12.3. The highest BCUT2D eigenvalue weighted by molar-refractivity contribution is 9.10. The van der Waals surface area contributed by atoms with Crippen LogP contribution in [-0.2, 0) is 0 Å². The summed E-state index contributed by atoms with van der Waals surface area (Å²) in [7, 11) is 1.48. The minimum atomic E-state index is -0.517. The number of hydrogen-bond acceptors (Lipinski definition) is 4. The molecule has 1 rings (SSSR count). The number of aliphatic hydroxyl groups excluding tert-OH is 1. The Labute approximate surface area is 96.8 Å². The molecule has 5 heteroatoms. The minimum absolute atomic E-state index is 0.00185. The van der Waals surface area contributed by atoms with Crippen LogP contribution >= 0.6 is 15.9 Å². The summed E-state index contributed by atoms with van der Waals surface area (Å²) in [6.07, 6.45) is 0. The third kappa shape index (κ3) is 2.25. The van der Waals surface area contributed by atoms with Crippen LogP contribution in [-0.4, -0.2) is 23.9 Å². The molecule has 0 heterocycles. The molecule has 1 aromatic rings. The summed E-state index contributed by atoms with van der Waals surface area (Å²) in [6.45, 7) is 1.67. The molecule has 0 bridgehead atoms. The van der Waals surface area contributed by atoms with E-state index in [1.807, 2.05) is 6.92 Å². The Morgan fingerprint density at radius 3 is 2.67 bits per heavy atom. The molecule has 0 aliphatic heterocycles. The number of rotatable bonds is 3. The Morgan fingerprint density at radius 2 is 2.20 bits per heavy atom. The van der Waals surface area contributed by atoms with E-state index in [0.29, 0.717) is 15.8 Å². The van der Waals surface area contributed by atoms with Crippen molar-refractivity contribution in [1.29, 1.82) is 0 Å². The maximum absolute atomic E-state index is 9.74. The summed E-state index contributed by atoms with van der Waals surface area (Å²) in [5.41, 5.74) is 7.27. The highest BCUT2D eigenvalue weighted by Gasteiger charge is 2.18. The lowest BCUT2D eigenvalue weighted by Crippen LogP contribution is -2.16. The molecular weight excluding hydrogens is 262 g/mol. The summed E-state index contributed by atoms with van der Waals surface area (Å²) >= 11 is 3.24. The summed E-state index contributed by atoms with van der Waals surface area (Å²) in [5, 5.41) is 18.7. The first-order valence-corrected chi connectivity index (χ1v) is 5.24. The number of halogens is 1. The van der Waals surface area contributed by atoms with E-state index in [9.17, 15) is 5.11 Å². The van der Waals surface area contributed by atoms with Gasteiger partial charge in [0.05, 0.1) is 24.2 Å². The Balaban J connectivity index is 3.35. The highest BCUT2D eigenvalue weighted by atomic mass is 79.9. The van der Waals surface area contributed by atoms with Gasteiger partial charge in [0, 0.05) is 0 Å². The Hall–Kier alpha value is -0.780. The number of hydrogen-bond donors (Lipinski definition) is 3. The molecule has 1 unspecified atom stereocenters. The fourth-order valence-electron chi connectivity index (χ4n) is 1.45. The van der Waals surface area contributed by atoms with Gasteiger partial charge in [0.25, 0.3) is 0 Å². The second-order valence-corrected chi connectivity index (χ2v) is 4.05. The minimum Gasteiger partial charge on any atom is -0.503 e. The normalized spacial score (nSPS) is 12.6. The molecule has 4 N–H and O–H groups in total. The fraction of sp³-hybridized carbons (Fsp3) is 0.400. The van der Waals surface area contributed by atoms with Gasteiger partial charge < -0.3 is 20.7 Å². The van der Waals surface area contributed by atoms with Crippen molar-refractivity contribution < 1.29 is 14.9 Å². The van der Waals surface area contributed by atoms with Gasteiger partial charge in [0.1, 0.15) is 0 Å². The van der Waals surface area contributed by atoms with Crippen LogP contribution < -0.4 is 10.5 Å². The number of benzene rings is 1. The molecule has 0 radical (unpaired) electrons. The molecule has 15 heavy (non-hydrogen) atoms. The summed E-state index contributed by atoms with van der Waals surface area (Å²) in [6, 6.07) is 1.17. The lowest BCUT2D eigenvalue weighted by molar-refractivity contribution is 0.266. The average Bonchev–Trinajstić information content (AvgIpc) is 2.23. The number of nitrogens with two attached hydrogens (primary N) is 1. The van der Waals surface area contributed by atoms with Crippen LogP contribution in [0.15, 0.2) is 10.5 Å². The first-order valence-electron chi connectivity index (χ1n) is 4.45. The monoisotopic (exact) mass is 275 g/mol. The van der Waals surface area contributed by atoms with Crippen molar-refractivity contribution in [3.05, 3.63) is 21.7 Å². The van der Waals surface area contributed by atoms with Crippen LogP contribution in [0.25, 0.3) is 0 Å². The van der Waals surface area contributed by atoms with Crippen LogP contribution in [0.3, 0.4) is 0 Å². The maximum Gasteiger partial charge on any atom is 0.172 e. The fourth-order valence-corrected chi connectivity index (χ4v) is 2.26. The van der Waals surface area contributed by atoms with E-state index in [4.69, 9.17) is 15.6 Å². The third-order valence-electron chi connectivity index (χ3n) is 2.24. The second kappa shape index (κ2) is 4.83. The van der Waals surface area contributed by atoms with Crippen molar-refractivity contribution in [3.63, 3.8) is 0 Å². The standard InChI is InChI=1S/C10H14BrNO3/c1-5-3-7(15-2)10(14)9(11)8(5)6(12)4-13/h3,6,13-14H,4,12H2,1-2H3. The molecule has 84 valence electrons. The number of ether oxygens (including phenoxy) is 1. The van der Waals surface area contributed by atoms with Crippen LogP contribution in [0.1, 0.15) is 17.2 Å². The van der Waals surface area contributed by atoms with Crippen molar-refractivity contribution >= 4 is 15.9 Å². The van der Waals surface area contributed by atoms with Gasteiger partial charge in [0.15, 0.2) is 11.5 Å². The molecule has 0 spiro atoms. The van der Waals surface area contributed by atoms with Gasteiger partial charge in [-0.25, -0.2) is 0 Å². The summed E-state index contributed by atoms with van der Waals surface area (Å²) < 4.78 is 5.46. The first-order chi connectivity index (χ1) is 7.02. The van der Waals surface area contributed by atoms with Crippen molar-refractivity contribution in [1.82, 2.24) is 0 Å². The lowest BCUT2D eigenvalue weighted by Gasteiger charge is -2.17. The second-order valence-electron chi connectivity index (χ2n) is 3.26. The zero-order chi connectivity index (χ0) is 11.6. The van der Waals surface area contributed by atoms with Crippen molar-refractivity contribution in [2.75, 3.05) is 13.7 Å². The zero-order valence-electron chi connectivity index (χ0n) is 8.62. The maximum atomic E-state index is 9.74. The van der Waals surface area contributed by atoms with Crippen molar-refractivity contribution in [2.24, 2.45) is 5.73 Å². The summed E-state index contributed by atoms with van der Waals surface area (Å²) in [4.78, 5) is 0. The molecule has 0 saturated carbocycles. The van der Waals surface area contributed by atoms with Crippen molar-refractivity contribution in [3.8, 4) is 11.5 Å². The number of phenols is 1. The van der Waals surface area contributed by atoms with Crippen LogP contribution in [0.5, 0.6) is 11.5 Å². The summed E-state index contributed by atoms with van der Waals surface area (Å²) in [5.74, 6) is 0.385. The van der Waals surface area contributed by atoms with Gasteiger partial charge in [-0.2, -0.15) is 0 Å². The molecule has 0 saturated heterocycles. The molecule has 0 aromatic heterocycles. The molecular formula is C10H14BrNO3. The van der Waals surface area contributed by atoms with Gasteiger partial charge >= 0.3 is 0 Å². The van der Waals surface area contributed by atoms with Gasteiger partial charge in [-0.3, -0.25) is 0 Å². The van der Waals surface area contributed by atoms with Crippen LogP contribution in [0.4, 0.5) is 0 Å². The van der Waals surface area contributed by atoms with E-state index in [0.717, 1.165) is 5.56 Å². The van der Waals surface area contributed by atoms with Gasteiger partial charge in [-0.15, -0.1) is 0 Å². The van der Waals surface area contributed by atoms with E-state index in [2.05, 4.69) is 15.9 Å². The number of aryl methyl sites for hydroxylation is 1. The molecule has 0 aliphatic carbocycles. The number of aliphatic hydroxyl groups is 1. The number of phenolic OH excluding ortho intramolecular Hbond substituents is 1. The topological polar surface area (TPSA) is 75.7 Å². The Kier molecular flexibility index (Phi) is 3.96. The molecule has 0 fully saturated rings. The Morgan fingerprint density at radius 1 is 1.60 bits per heavy atom. The van der Waals surface area contributed by atoms with E-state index in [1.54, 1.807) is 6.07 Å². The van der Waals surface area contributed by atoms with E-state index >= 15 is 0 Å². The molecule has 1 aromatic carbocycles. The third-order valence-corrected chi connectivity index (χ3v) is 3.04. The predicted octanol–water partition coefficient (Wildman–Crippen LogP) is 1.46. The van der Waals surface area contributed by atoms with Gasteiger partial charge in [-0.05, 0) is 40.0 Å². The van der Waals surface area contributed by atoms with E-state index in [1.165, 1.54) is 7.11 Å². The molecule has 0 amide bonds. The highest BCUT2D eigenvalue weighted by Crippen LogP contribution is 2.40. The van der Waals surface area contributed by atoms with Crippen LogP contribution in [0.2, 0.25) is 0 Å². The predicted molar refractivity (Wildman–Crippen MR) is 61.1 cm³/mol. The molecule has 4 nitrogen and oxygen atoms in total. The SMILES string of the molecule is COc1cc(C)c(C(N)CO)c(Br)c1O. The van der Waals surface area contributed by atoms with E-state index < -0.39 is 6.04 Å². The average molecular weight is 276 g/mol. The van der Waals surface area contributed by atoms with Crippen LogP contribution in [0, 0.1) is 6.92 Å². The van der Waals surface area contributed by atoms with Gasteiger partial charge in [-0.1, -0.05) is 0 Å². The smallest absolute Gasteiger partial charge is 0.172 e. The van der Waals surface area contributed by atoms with Crippen molar-refractivity contribution in [2.45, 2.75) is 13.0 Å². The van der Waals surface area contributed by atoms with E-state index in [-0.39, 0.29) is 12.4 Å². The Bertz CT molecular complexity index is 368. The lowest BCUT2D eigenvalue weighted by atomic mass is 10.0. The molecule has 0 aliphatic rings. The largest absolute Gasteiger partial charge is 0.503 e. The zero-order valence-corrected chi connectivity index (χ0v) is 10.2. The quantitative estimate of drug-likeness (QED) is 0.781. The number of aromatic hydroxyl groups is 1. The number of methoxy groups -OCH3 is 1.